The Labute approximate surface area is 210 Å². The molecule has 1 N–H and O–H groups in total. The summed E-state index contributed by atoms with van der Waals surface area (Å²) in [6, 6.07) is 13.8. The van der Waals surface area contributed by atoms with Crippen molar-refractivity contribution in [2.75, 3.05) is 9.80 Å². The molecule has 1 heterocycles. The van der Waals surface area contributed by atoms with Gasteiger partial charge in [-0.15, -0.1) is 0 Å². The number of anilines is 2. The largest absolute Gasteiger partial charge is 0.414 e. The van der Waals surface area contributed by atoms with E-state index < -0.39 is 24.0 Å². The molecule has 0 radical (unpaired) electrons. The Balaban J connectivity index is 0.00000167. The summed E-state index contributed by atoms with van der Waals surface area (Å²) in [6.07, 6.45) is -5.06. The van der Waals surface area contributed by atoms with Gasteiger partial charge in [0.15, 0.2) is 6.04 Å². The van der Waals surface area contributed by atoms with Gasteiger partial charge in [0, 0.05) is 27.0 Å². The first-order valence-corrected chi connectivity index (χ1v) is 11.3. The van der Waals surface area contributed by atoms with Crippen LogP contribution in [0.3, 0.4) is 0 Å². The second kappa shape index (κ2) is 10.2. The van der Waals surface area contributed by atoms with Gasteiger partial charge in [0.05, 0.1) is 11.6 Å². The minimum atomic E-state index is -5.06. The average molecular weight is 522 g/mol. The summed E-state index contributed by atoms with van der Waals surface area (Å²) in [7, 11) is 0. The highest BCUT2D eigenvalue weighted by atomic mass is 35.5. The van der Waals surface area contributed by atoms with E-state index in [2.05, 4.69) is 0 Å². The number of amides is 2. The molecule has 10 heteroatoms. The Kier molecular flexibility index (Phi) is 7.65. The highest BCUT2D eigenvalue weighted by molar-refractivity contribution is 6.31. The molecule has 35 heavy (non-hydrogen) atoms. The summed E-state index contributed by atoms with van der Waals surface area (Å²) in [5.74, 6) is 0. The van der Waals surface area contributed by atoms with E-state index in [4.69, 9.17) is 23.2 Å². The minimum Gasteiger partial charge on any atom is -0.364 e. The highest BCUT2D eigenvalue weighted by Crippen LogP contribution is 2.50. The van der Waals surface area contributed by atoms with Crippen LogP contribution in [-0.2, 0) is 5.72 Å². The monoisotopic (exact) mass is 521 g/mol. The molecule has 0 saturated carbocycles. The highest BCUT2D eigenvalue weighted by Gasteiger charge is 2.68. The number of carbonyl (C=O) groups is 1. The van der Waals surface area contributed by atoms with Crippen molar-refractivity contribution >= 4 is 40.6 Å². The first-order valence-electron chi connectivity index (χ1n) is 10.5. The Morgan fingerprint density at radius 2 is 1.46 bits per heavy atom. The van der Waals surface area contributed by atoms with Crippen molar-refractivity contribution in [3.63, 3.8) is 0 Å². The van der Waals surface area contributed by atoms with Crippen molar-refractivity contribution in [3.05, 3.63) is 94.0 Å². The molecule has 1 fully saturated rings. The van der Waals surface area contributed by atoms with Crippen molar-refractivity contribution in [1.82, 2.24) is 0 Å². The molecule has 3 aromatic carbocycles. The topological polar surface area (TPSA) is 67.6 Å². The number of hydrogen-bond acceptors (Lipinski definition) is 3. The van der Waals surface area contributed by atoms with Gasteiger partial charge in [0.2, 0.25) is 5.72 Å². The fraction of sp³-hybridized carbons (Fsp3) is 0.200. The first-order chi connectivity index (χ1) is 16.6. The fourth-order valence-electron chi connectivity index (χ4n) is 3.90. The van der Waals surface area contributed by atoms with E-state index in [0.717, 1.165) is 6.07 Å². The molecular weight excluding hydrogens is 502 g/mol. The maximum absolute atomic E-state index is 14.6. The van der Waals surface area contributed by atoms with Gasteiger partial charge in [-0.05, 0) is 60.7 Å². The quantitative estimate of drug-likeness (QED) is 0.399. The Morgan fingerprint density at radius 3 is 1.94 bits per heavy atom. The molecule has 3 aromatic rings. The second-order valence-corrected chi connectivity index (χ2v) is 8.18. The molecule has 0 spiro atoms. The third kappa shape index (κ3) is 4.80. The van der Waals surface area contributed by atoms with E-state index in [0.29, 0.717) is 14.8 Å². The molecule has 2 atom stereocenters. The predicted molar refractivity (Wildman–Crippen MR) is 130 cm³/mol. The van der Waals surface area contributed by atoms with Gasteiger partial charge in [0.1, 0.15) is 0 Å². The second-order valence-electron chi connectivity index (χ2n) is 7.30. The van der Waals surface area contributed by atoms with Crippen molar-refractivity contribution in [1.29, 1.82) is 5.26 Å². The molecule has 2 unspecified atom stereocenters. The van der Waals surface area contributed by atoms with E-state index in [9.17, 15) is 28.3 Å². The van der Waals surface area contributed by atoms with Crippen LogP contribution in [0.15, 0.2) is 72.8 Å². The van der Waals surface area contributed by atoms with Crippen LogP contribution in [0.1, 0.15) is 25.0 Å². The number of nitriles is 1. The van der Waals surface area contributed by atoms with Crippen LogP contribution in [0.5, 0.6) is 0 Å². The van der Waals surface area contributed by atoms with Gasteiger partial charge in [-0.1, -0.05) is 49.2 Å². The first kappa shape index (κ1) is 26.4. The normalized spacial score (nSPS) is 19.7. The summed E-state index contributed by atoms with van der Waals surface area (Å²) in [4.78, 5) is 14.7. The number of carbonyl (C=O) groups excluding carboxylic acids is 1. The number of nitrogens with zero attached hydrogens (tertiary/aromatic N) is 3. The lowest BCUT2D eigenvalue weighted by Gasteiger charge is -2.37. The van der Waals surface area contributed by atoms with Crippen LogP contribution >= 0.6 is 23.2 Å². The van der Waals surface area contributed by atoms with E-state index >= 15 is 0 Å². The zero-order chi connectivity index (χ0) is 26.0. The molecule has 0 aliphatic carbocycles. The zero-order valence-electron chi connectivity index (χ0n) is 18.6. The molecule has 1 aliphatic heterocycles. The Morgan fingerprint density at radius 1 is 0.943 bits per heavy atom. The maximum atomic E-state index is 14.6. The number of urea groups is 1. The van der Waals surface area contributed by atoms with Crippen LogP contribution in [0.2, 0.25) is 10.0 Å². The molecular formula is C25H20Cl2F3N3O2. The van der Waals surface area contributed by atoms with Crippen LogP contribution in [0, 0.1) is 11.3 Å². The van der Waals surface area contributed by atoms with E-state index in [1.165, 1.54) is 66.7 Å². The van der Waals surface area contributed by atoms with E-state index in [1.54, 1.807) is 0 Å². The molecule has 182 valence electrons. The standard InChI is InChI=1S/C23H14Cl2F3N3O2.C2H6/c24-16-4-8-18(9-5-16)30-20(23(26,27)28)22(33,15-3-1-2-14(12-15)13-29)31(21(30)32)19-10-6-17(25)7-11-19;1-2/h1-12,20,33H;1-2H3. The van der Waals surface area contributed by atoms with Gasteiger partial charge < -0.3 is 5.11 Å². The lowest BCUT2D eigenvalue weighted by atomic mass is 9.91. The maximum Gasteiger partial charge on any atom is 0.414 e. The number of benzene rings is 3. The van der Waals surface area contributed by atoms with Crippen LogP contribution < -0.4 is 9.80 Å². The molecule has 5 nitrogen and oxygen atoms in total. The number of halogens is 5. The van der Waals surface area contributed by atoms with E-state index in [1.807, 2.05) is 19.9 Å². The van der Waals surface area contributed by atoms with Gasteiger partial charge in [-0.2, -0.15) is 18.4 Å². The molecule has 1 saturated heterocycles. The molecule has 0 bridgehead atoms. The van der Waals surface area contributed by atoms with Crippen molar-refractivity contribution < 1.29 is 23.1 Å². The summed E-state index contributed by atoms with van der Waals surface area (Å²) in [5.41, 5.74) is -3.28. The van der Waals surface area contributed by atoms with E-state index in [-0.39, 0.29) is 27.5 Å². The molecule has 2 amide bonds. The lowest BCUT2D eigenvalue weighted by Crippen LogP contribution is -2.56. The lowest BCUT2D eigenvalue weighted by molar-refractivity contribution is -0.186. The van der Waals surface area contributed by atoms with Crippen molar-refractivity contribution in [3.8, 4) is 6.07 Å². The molecule has 4 rings (SSSR count). The third-order valence-corrected chi connectivity index (χ3v) is 5.80. The summed E-state index contributed by atoms with van der Waals surface area (Å²) >= 11 is 11.8. The van der Waals surface area contributed by atoms with Gasteiger partial charge >= 0.3 is 12.2 Å². The number of hydrogen-bond donors (Lipinski definition) is 1. The smallest absolute Gasteiger partial charge is 0.364 e. The summed E-state index contributed by atoms with van der Waals surface area (Å²) < 4.78 is 43.7. The zero-order valence-corrected chi connectivity index (χ0v) is 20.1. The number of alkyl halides is 3. The number of aliphatic hydroxyl groups is 1. The van der Waals surface area contributed by atoms with Gasteiger partial charge in [-0.25, -0.2) is 4.79 Å². The average Bonchev–Trinajstić information content (AvgIpc) is 3.09. The fourth-order valence-corrected chi connectivity index (χ4v) is 4.16. The van der Waals surface area contributed by atoms with Gasteiger partial charge in [-0.3, -0.25) is 9.80 Å². The van der Waals surface area contributed by atoms with Crippen LogP contribution in [-0.4, -0.2) is 23.4 Å². The van der Waals surface area contributed by atoms with Crippen molar-refractivity contribution in [2.24, 2.45) is 0 Å². The van der Waals surface area contributed by atoms with Crippen LogP contribution in [0.4, 0.5) is 29.3 Å². The van der Waals surface area contributed by atoms with Crippen molar-refractivity contribution in [2.45, 2.75) is 31.8 Å². The van der Waals surface area contributed by atoms with Gasteiger partial charge in [0.25, 0.3) is 0 Å². The third-order valence-electron chi connectivity index (χ3n) is 5.29. The SMILES string of the molecule is CC.N#Cc1cccc(C2(O)C(C(F)(F)F)N(c3ccc(Cl)cc3)C(=O)N2c2ccc(Cl)cc2)c1. The predicted octanol–water partition coefficient (Wildman–Crippen LogP) is 7.11. The van der Waals surface area contributed by atoms with Crippen LogP contribution in [0.25, 0.3) is 0 Å². The Hall–Kier alpha value is -3.25. The number of rotatable bonds is 3. The summed E-state index contributed by atoms with van der Waals surface area (Å²) in [5, 5.41) is 21.6. The molecule has 0 aromatic heterocycles. The Bertz CT molecular complexity index is 1240. The minimum absolute atomic E-state index is 0.0139. The molecule has 1 aliphatic rings. The summed E-state index contributed by atoms with van der Waals surface area (Å²) in [6.45, 7) is 4.00.